The van der Waals surface area contributed by atoms with Crippen molar-refractivity contribution in [1.82, 2.24) is 79.7 Å². The summed E-state index contributed by atoms with van der Waals surface area (Å²) in [5, 5.41) is 44.0. The summed E-state index contributed by atoms with van der Waals surface area (Å²) in [5.41, 5.74) is 9.82. The van der Waals surface area contributed by atoms with Crippen LogP contribution in [0, 0.1) is 11.6 Å². The van der Waals surface area contributed by atoms with Gasteiger partial charge in [0.05, 0.1) is 30.5 Å². The van der Waals surface area contributed by atoms with Crippen LogP contribution in [0.4, 0.5) is 32.1 Å². The summed E-state index contributed by atoms with van der Waals surface area (Å²) in [7, 11) is 0. The van der Waals surface area contributed by atoms with Gasteiger partial charge < -0.3 is 61.5 Å². The Morgan fingerprint density at radius 3 is 1.51 bits per heavy atom. The number of imidazole rings is 1. The Balaban J connectivity index is 0.000000118. The van der Waals surface area contributed by atoms with Gasteiger partial charge in [0.1, 0.15) is 72.8 Å². The summed E-state index contributed by atoms with van der Waals surface area (Å²) in [6.45, 7) is 11.8. The molecule has 24 nitrogen and oxygen atoms in total. The van der Waals surface area contributed by atoms with Crippen LogP contribution < -0.4 is 61.5 Å². The number of anilines is 4. The minimum atomic E-state index is -0.368. The zero-order valence-electron chi connectivity index (χ0n) is 49.8. The van der Waals surface area contributed by atoms with Crippen LogP contribution in [0.15, 0.2) is 159 Å². The molecule has 4 aliphatic heterocycles. The molecule has 0 fully saturated rings. The van der Waals surface area contributed by atoms with Crippen molar-refractivity contribution in [2.24, 2.45) is 0 Å². The van der Waals surface area contributed by atoms with Crippen molar-refractivity contribution in [2.75, 3.05) is 126 Å². The predicted octanol–water partition coefficient (Wildman–Crippen LogP) is 8.47. The lowest BCUT2D eigenvalue weighted by molar-refractivity contribution is 0.300. The third-order valence-electron chi connectivity index (χ3n) is 15.1. The molecule has 4 aliphatic rings. The molecule has 12 aromatic rings. The van der Waals surface area contributed by atoms with Gasteiger partial charge in [-0.3, -0.25) is 0 Å². The fraction of sp³-hybridized carbons (Fsp3) is 0.273. The molecule has 8 aromatic heterocycles. The van der Waals surface area contributed by atoms with Gasteiger partial charge in [-0.2, -0.15) is 15.3 Å². The summed E-state index contributed by atoms with van der Waals surface area (Å²) < 4.78 is 58.0. The van der Waals surface area contributed by atoms with E-state index in [1.54, 1.807) is 50.2 Å². The van der Waals surface area contributed by atoms with Gasteiger partial charge in [-0.05, 0) is 109 Å². The lowest BCUT2D eigenvalue weighted by Crippen LogP contribution is -2.27. The number of nitrogens with zero attached hydrogens (tertiary/aromatic N) is 12. The highest BCUT2D eigenvalue weighted by Crippen LogP contribution is 2.33. The van der Waals surface area contributed by atoms with E-state index in [0.29, 0.717) is 55.5 Å². The van der Waals surface area contributed by atoms with E-state index in [2.05, 4.69) is 83.9 Å². The predicted molar refractivity (Wildman–Crippen MR) is 352 cm³/mol. The number of halogens is 2. The average molecular weight is 1250 g/mol. The highest BCUT2D eigenvalue weighted by atomic mass is 19.1. The maximum Gasteiger partial charge on any atom is 0.165 e. The van der Waals surface area contributed by atoms with E-state index in [4.69, 9.17) is 23.9 Å². The zero-order chi connectivity index (χ0) is 61.6. The molecular formula is C66H72F2N20O4. The Hall–Kier alpha value is -10.5. The van der Waals surface area contributed by atoms with Crippen molar-refractivity contribution in [3.05, 3.63) is 170 Å². The van der Waals surface area contributed by atoms with Crippen LogP contribution in [0.25, 0.3) is 67.2 Å². The van der Waals surface area contributed by atoms with Crippen molar-refractivity contribution >= 4 is 45.9 Å². The standard InChI is InChI=1S/C17H19N5O.2C16H16FN5O.C16H17N5O.CH4/c1-3-13-11-14(4-1)23-10-8-18-6-2-7-19-16-5-9-22-17(21-16)15(13)12-20-22;17-13-2-1-11-9-14(13)23-8-6-18-4-5-19-15-3-7-22-16(21-15)12(11)10-20-22;17-14-2-1-11-9-12(14)13-10-20-22-7-3-15(21-16(13)22)19-5-4-18-6-8-23-11;1-2-12-10-13(3-1)22-9-8-17-6-7-18-15-4-5-16-19-11-14(12)21(16)20-15;/h1,3-5,9,11-12,18H,2,6-8,10H2,(H,19,21);2*1-3,7,9-10,18H,4-6,8H2,(H,19,21);1-5,10-11,17H,6-9H2,(H,18,20);1H4. The number of rotatable bonds is 0. The average Bonchev–Trinajstić information content (AvgIpc) is 1.82. The summed E-state index contributed by atoms with van der Waals surface area (Å²) in [5.74, 6) is 5.17. The van der Waals surface area contributed by atoms with Gasteiger partial charge in [0.15, 0.2) is 34.2 Å². The van der Waals surface area contributed by atoms with E-state index in [9.17, 15) is 8.78 Å². The molecule has 474 valence electrons. The molecule has 12 heterocycles. The molecular weight excluding hydrogens is 1170 g/mol. The molecule has 0 unspecified atom stereocenters. The van der Waals surface area contributed by atoms with E-state index < -0.39 is 0 Å². The highest BCUT2D eigenvalue weighted by molar-refractivity contribution is 5.81. The fourth-order valence-electron chi connectivity index (χ4n) is 10.5. The summed E-state index contributed by atoms with van der Waals surface area (Å²) >= 11 is 0. The first-order chi connectivity index (χ1) is 44.9. The van der Waals surface area contributed by atoms with E-state index in [1.807, 2.05) is 108 Å². The maximum absolute atomic E-state index is 14.3. The third kappa shape index (κ3) is 15.0. The molecule has 8 N–H and O–H groups in total. The van der Waals surface area contributed by atoms with Crippen molar-refractivity contribution in [3.63, 3.8) is 0 Å². The molecule has 0 amide bonds. The largest absolute Gasteiger partial charge is 0.492 e. The molecule has 4 aromatic carbocycles. The summed E-state index contributed by atoms with van der Waals surface area (Å²) in [4.78, 5) is 18.3. The molecule has 0 radical (unpaired) electrons. The van der Waals surface area contributed by atoms with Gasteiger partial charge in [0, 0.05) is 118 Å². The van der Waals surface area contributed by atoms with Crippen LogP contribution in [0.3, 0.4) is 0 Å². The molecule has 0 saturated heterocycles. The Morgan fingerprint density at radius 2 is 0.891 bits per heavy atom. The summed E-state index contributed by atoms with van der Waals surface area (Å²) in [6.07, 6.45) is 13.7. The molecule has 0 saturated carbocycles. The minimum absolute atomic E-state index is 0. The lowest BCUT2D eigenvalue weighted by atomic mass is 10.1. The SMILES string of the molecule is C.Fc1ccc2cc1-c1cnn3ccc(nc13)NCCNCCO2.Fc1ccc2cc1OCCNCCNc1ccn3ncc-2c3n1.c1cc2cc(c1)-c1cnc3ccc(nn13)NCCNCCO2.c1cc2cc(c1)-c1cnn3ccc(nc13)NCCCNCCO2. The Labute approximate surface area is 529 Å². The second-order valence-electron chi connectivity index (χ2n) is 21.3. The van der Waals surface area contributed by atoms with Crippen LogP contribution in [0.1, 0.15) is 13.8 Å². The molecule has 0 atom stereocenters. The molecule has 16 bridgehead atoms. The smallest absolute Gasteiger partial charge is 0.165 e. The van der Waals surface area contributed by atoms with Crippen LogP contribution in [0.2, 0.25) is 0 Å². The van der Waals surface area contributed by atoms with Crippen molar-refractivity contribution in [3.8, 4) is 67.6 Å². The van der Waals surface area contributed by atoms with Gasteiger partial charge >= 0.3 is 0 Å². The minimum Gasteiger partial charge on any atom is -0.492 e. The van der Waals surface area contributed by atoms with Gasteiger partial charge in [-0.15, -0.1) is 5.10 Å². The quantitative estimate of drug-likeness (QED) is 0.0708. The Kier molecular flexibility index (Phi) is 20.0. The highest BCUT2D eigenvalue weighted by Gasteiger charge is 2.18. The normalized spacial score (nSPS) is 15.0. The van der Waals surface area contributed by atoms with E-state index >= 15 is 0 Å². The van der Waals surface area contributed by atoms with Crippen LogP contribution in [-0.4, -0.2) is 163 Å². The molecule has 26 heteroatoms. The van der Waals surface area contributed by atoms with Crippen molar-refractivity contribution < 1.29 is 27.7 Å². The molecule has 16 rings (SSSR count). The molecule has 0 spiro atoms. The van der Waals surface area contributed by atoms with Crippen molar-refractivity contribution in [1.29, 1.82) is 0 Å². The fourth-order valence-corrected chi connectivity index (χ4v) is 10.5. The third-order valence-corrected chi connectivity index (χ3v) is 15.1. The number of nitrogens with one attached hydrogen (secondary N) is 8. The number of hydrogen-bond donors (Lipinski definition) is 8. The topological polar surface area (TPSA) is 254 Å². The number of fused-ring (bicyclic) bond motifs is 16. The Morgan fingerprint density at radius 1 is 0.391 bits per heavy atom. The number of aromatic nitrogens is 12. The van der Waals surface area contributed by atoms with Crippen molar-refractivity contribution in [2.45, 2.75) is 13.8 Å². The number of benzene rings is 4. The maximum atomic E-state index is 14.3. The first-order valence-electron chi connectivity index (χ1n) is 30.4. The van der Waals surface area contributed by atoms with Gasteiger partial charge in [0.2, 0.25) is 0 Å². The Bertz CT molecular complexity index is 4420. The van der Waals surface area contributed by atoms with Gasteiger partial charge in [-0.1, -0.05) is 37.8 Å². The zero-order valence-corrected chi connectivity index (χ0v) is 49.8. The second-order valence-corrected chi connectivity index (χ2v) is 21.3. The van der Waals surface area contributed by atoms with Gasteiger partial charge in [0.25, 0.3) is 0 Å². The van der Waals surface area contributed by atoms with E-state index in [0.717, 1.165) is 164 Å². The molecule has 0 aliphatic carbocycles. The van der Waals surface area contributed by atoms with Crippen LogP contribution >= 0.6 is 0 Å². The van der Waals surface area contributed by atoms with E-state index in [-0.39, 0.29) is 24.8 Å². The number of ether oxygens (including phenoxy) is 4. The van der Waals surface area contributed by atoms with E-state index in [1.165, 1.54) is 12.1 Å². The lowest BCUT2D eigenvalue weighted by Gasteiger charge is -2.12. The summed E-state index contributed by atoms with van der Waals surface area (Å²) in [6, 6.07) is 35.3. The van der Waals surface area contributed by atoms with Gasteiger partial charge in [-0.25, -0.2) is 46.8 Å². The molecule has 92 heavy (non-hydrogen) atoms. The van der Waals surface area contributed by atoms with Crippen LogP contribution in [0.5, 0.6) is 23.0 Å². The van der Waals surface area contributed by atoms with Crippen LogP contribution in [-0.2, 0) is 0 Å². The first kappa shape index (κ1) is 61.7. The first-order valence-corrected chi connectivity index (χ1v) is 30.4. The number of hydrogen-bond acceptors (Lipinski definition) is 20. The second kappa shape index (κ2) is 29.8. The monoisotopic (exact) mass is 1250 g/mol.